The number of carbonyl (C=O) groups is 3. The van der Waals surface area contributed by atoms with Crippen LogP contribution in [0.1, 0.15) is 45.9 Å². The van der Waals surface area contributed by atoms with Crippen molar-refractivity contribution in [1.29, 1.82) is 0 Å². The zero-order valence-corrected chi connectivity index (χ0v) is 15.2. The van der Waals surface area contributed by atoms with Crippen molar-refractivity contribution in [3.8, 4) is 5.75 Å². The summed E-state index contributed by atoms with van der Waals surface area (Å²) in [6.07, 6.45) is 0.0708. The number of esters is 1. The normalized spacial score (nSPS) is 10.3. The maximum absolute atomic E-state index is 12.3. The summed E-state index contributed by atoms with van der Waals surface area (Å²) in [5, 5.41) is 2.55. The smallest absolute Gasteiger partial charge is 0.344 e. The number of ketones is 1. The maximum atomic E-state index is 12.3. The van der Waals surface area contributed by atoms with E-state index in [-0.39, 0.29) is 47.5 Å². The van der Waals surface area contributed by atoms with E-state index >= 15 is 0 Å². The van der Waals surface area contributed by atoms with Gasteiger partial charge in [-0.1, -0.05) is 12.1 Å². The Morgan fingerprint density at radius 2 is 1.77 bits per heavy atom. The van der Waals surface area contributed by atoms with Crippen LogP contribution >= 0.6 is 0 Å². The molecule has 0 unspecified atom stereocenters. The third-order valence-electron chi connectivity index (χ3n) is 3.69. The van der Waals surface area contributed by atoms with Crippen LogP contribution < -0.4 is 10.1 Å². The molecule has 0 spiro atoms. The molecule has 7 heteroatoms. The van der Waals surface area contributed by atoms with Crippen LogP contribution in [0.2, 0.25) is 0 Å². The van der Waals surface area contributed by atoms with E-state index in [1.54, 1.807) is 45.2 Å². The molecule has 0 atom stereocenters. The van der Waals surface area contributed by atoms with Gasteiger partial charge in [-0.15, -0.1) is 0 Å². The van der Waals surface area contributed by atoms with Crippen LogP contribution in [-0.4, -0.2) is 31.4 Å². The number of methoxy groups -OCH3 is 1. The van der Waals surface area contributed by atoms with Gasteiger partial charge >= 0.3 is 5.97 Å². The predicted molar refractivity (Wildman–Crippen MR) is 94.7 cm³/mol. The minimum atomic E-state index is -0.714. The molecule has 0 radical (unpaired) electrons. The van der Waals surface area contributed by atoms with Gasteiger partial charge in [-0.05, 0) is 38.5 Å². The fourth-order valence-electron chi connectivity index (χ4n) is 2.55. The second kappa shape index (κ2) is 8.33. The first kappa shape index (κ1) is 19.2. The Kier molecular flexibility index (Phi) is 6.16. The molecule has 1 N–H and O–H groups in total. The monoisotopic (exact) mass is 359 g/mol. The Labute approximate surface area is 151 Å². The number of ether oxygens (including phenoxy) is 2. The number of amides is 1. The Hall–Kier alpha value is -3.09. The van der Waals surface area contributed by atoms with Crippen molar-refractivity contribution in [3.05, 3.63) is 46.7 Å². The van der Waals surface area contributed by atoms with Crippen molar-refractivity contribution in [2.24, 2.45) is 0 Å². The third kappa shape index (κ3) is 4.30. The molecule has 0 aliphatic rings. The van der Waals surface area contributed by atoms with Gasteiger partial charge in [0.15, 0.2) is 5.78 Å². The molecule has 1 heterocycles. The van der Waals surface area contributed by atoms with Gasteiger partial charge in [0.2, 0.25) is 11.8 Å². The molecule has 0 saturated carbocycles. The summed E-state index contributed by atoms with van der Waals surface area (Å²) in [4.78, 5) is 36.4. The number of hydrogen-bond donors (Lipinski definition) is 1. The van der Waals surface area contributed by atoms with Gasteiger partial charge in [0, 0.05) is 0 Å². The molecule has 0 fully saturated rings. The third-order valence-corrected chi connectivity index (χ3v) is 3.69. The SMILES string of the molecule is CCOC(=O)c1c(NC(=O)Cc2ccc(OC)cc2)oc(C)c1C(C)=O. The minimum Gasteiger partial charge on any atom is -0.497 e. The lowest BCUT2D eigenvalue weighted by atomic mass is 10.1. The fourth-order valence-corrected chi connectivity index (χ4v) is 2.55. The summed E-state index contributed by atoms with van der Waals surface area (Å²) in [6, 6.07) is 7.02. The van der Waals surface area contributed by atoms with E-state index in [2.05, 4.69) is 5.32 Å². The summed E-state index contributed by atoms with van der Waals surface area (Å²) in [7, 11) is 1.56. The van der Waals surface area contributed by atoms with Crippen molar-refractivity contribution in [3.63, 3.8) is 0 Å². The van der Waals surface area contributed by atoms with Crippen LogP contribution in [0, 0.1) is 6.92 Å². The topological polar surface area (TPSA) is 94.8 Å². The van der Waals surface area contributed by atoms with Crippen molar-refractivity contribution in [1.82, 2.24) is 0 Å². The zero-order chi connectivity index (χ0) is 19.3. The number of hydrogen-bond acceptors (Lipinski definition) is 6. The number of anilines is 1. The molecule has 26 heavy (non-hydrogen) atoms. The quantitative estimate of drug-likeness (QED) is 0.603. The first-order valence-corrected chi connectivity index (χ1v) is 8.11. The van der Waals surface area contributed by atoms with E-state index in [0.717, 1.165) is 5.56 Å². The van der Waals surface area contributed by atoms with Crippen molar-refractivity contribution >= 4 is 23.5 Å². The van der Waals surface area contributed by atoms with Crippen LogP contribution in [0.4, 0.5) is 5.88 Å². The standard InChI is InChI=1S/C19H21NO6/c1-5-25-19(23)17-16(11(2)21)12(3)26-18(17)20-15(22)10-13-6-8-14(24-4)9-7-13/h6-9H,5,10H2,1-4H3,(H,20,22). The van der Waals surface area contributed by atoms with Gasteiger partial charge in [-0.3, -0.25) is 14.9 Å². The second-order valence-electron chi connectivity index (χ2n) is 5.59. The highest BCUT2D eigenvalue weighted by molar-refractivity contribution is 6.10. The van der Waals surface area contributed by atoms with E-state index in [0.29, 0.717) is 5.75 Å². The van der Waals surface area contributed by atoms with E-state index in [1.807, 2.05) is 0 Å². The Morgan fingerprint density at radius 1 is 1.12 bits per heavy atom. The Morgan fingerprint density at radius 3 is 2.31 bits per heavy atom. The molecule has 1 amide bonds. The molecule has 0 bridgehead atoms. The van der Waals surface area contributed by atoms with E-state index in [9.17, 15) is 14.4 Å². The molecular formula is C19H21NO6. The van der Waals surface area contributed by atoms with Crippen molar-refractivity contribution < 1.29 is 28.3 Å². The molecule has 0 saturated heterocycles. The number of nitrogens with one attached hydrogen (secondary N) is 1. The summed E-state index contributed by atoms with van der Waals surface area (Å²) >= 11 is 0. The number of aryl methyl sites for hydroxylation is 1. The largest absolute Gasteiger partial charge is 0.497 e. The summed E-state index contributed by atoms with van der Waals surface area (Å²) < 4.78 is 15.5. The van der Waals surface area contributed by atoms with Gasteiger partial charge in [0.05, 0.1) is 25.7 Å². The summed E-state index contributed by atoms with van der Waals surface area (Å²) in [6.45, 7) is 4.67. The predicted octanol–water partition coefficient (Wildman–Crippen LogP) is 3.16. The van der Waals surface area contributed by atoms with E-state index in [1.165, 1.54) is 6.92 Å². The highest BCUT2D eigenvalue weighted by Crippen LogP contribution is 2.28. The second-order valence-corrected chi connectivity index (χ2v) is 5.59. The van der Waals surface area contributed by atoms with Gasteiger partial charge in [-0.2, -0.15) is 0 Å². The number of carbonyl (C=O) groups excluding carboxylic acids is 3. The molecular weight excluding hydrogens is 338 g/mol. The molecule has 2 aromatic rings. The van der Waals surface area contributed by atoms with Gasteiger partial charge < -0.3 is 13.9 Å². The Balaban J connectivity index is 2.24. The summed E-state index contributed by atoms with van der Waals surface area (Å²) in [5.74, 6) is -0.583. The molecule has 2 rings (SSSR count). The molecule has 1 aromatic heterocycles. The van der Waals surface area contributed by atoms with Crippen LogP contribution in [0.25, 0.3) is 0 Å². The average Bonchev–Trinajstić information content (AvgIpc) is 2.91. The highest BCUT2D eigenvalue weighted by atomic mass is 16.5. The maximum Gasteiger partial charge on any atom is 0.344 e. The lowest BCUT2D eigenvalue weighted by Gasteiger charge is -2.07. The minimum absolute atomic E-state index is 0.0556. The van der Waals surface area contributed by atoms with Crippen molar-refractivity contribution in [2.45, 2.75) is 27.2 Å². The number of benzene rings is 1. The van der Waals surface area contributed by atoms with E-state index < -0.39 is 5.97 Å². The number of Topliss-reactive ketones (excluding diaryl/α,β-unsaturated/α-hetero) is 1. The molecule has 138 valence electrons. The van der Waals surface area contributed by atoms with Crippen LogP contribution in [0.5, 0.6) is 5.75 Å². The first-order chi connectivity index (χ1) is 12.4. The molecule has 0 aliphatic carbocycles. The van der Waals surface area contributed by atoms with Gasteiger partial charge in [0.25, 0.3) is 0 Å². The van der Waals surface area contributed by atoms with Crippen LogP contribution in [-0.2, 0) is 16.0 Å². The van der Waals surface area contributed by atoms with Crippen LogP contribution in [0.15, 0.2) is 28.7 Å². The lowest BCUT2D eigenvalue weighted by Crippen LogP contribution is -2.17. The van der Waals surface area contributed by atoms with Gasteiger partial charge in [0.1, 0.15) is 17.1 Å². The first-order valence-electron chi connectivity index (χ1n) is 8.11. The lowest BCUT2D eigenvalue weighted by molar-refractivity contribution is -0.115. The number of rotatable bonds is 7. The highest BCUT2D eigenvalue weighted by Gasteiger charge is 2.28. The molecule has 7 nitrogen and oxygen atoms in total. The molecule has 0 aliphatic heterocycles. The Bertz CT molecular complexity index is 819. The van der Waals surface area contributed by atoms with Crippen molar-refractivity contribution in [2.75, 3.05) is 19.0 Å². The fraction of sp³-hybridized carbons (Fsp3) is 0.316. The average molecular weight is 359 g/mol. The van der Waals surface area contributed by atoms with Crippen LogP contribution in [0.3, 0.4) is 0 Å². The number of furan rings is 1. The zero-order valence-electron chi connectivity index (χ0n) is 15.2. The van der Waals surface area contributed by atoms with Gasteiger partial charge in [-0.25, -0.2) is 4.79 Å². The summed E-state index contributed by atoms with van der Waals surface area (Å²) in [5.41, 5.74) is 0.819. The molecule has 1 aromatic carbocycles. The van der Waals surface area contributed by atoms with E-state index in [4.69, 9.17) is 13.9 Å².